The van der Waals surface area contributed by atoms with E-state index in [4.69, 9.17) is 0 Å². The van der Waals surface area contributed by atoms with E-state index >= 15 is 0 Å². The molecule has 24 heavy (non-hydrogen) atoms. The van der Waals surface area contributed by atoms with Gasteiger partial charge in [-0.2, -0.15) is 0 Å². The molecular formula is C19H24N2O2S. The lowest BCUT2D eigenvalue weighted by molar-refractivity contribution is 0.607. The zero-order valence-corrected chi connectivity index (χ0v) is 14.8. The first-order valence-electron chi connectivity index (χ1n) is 8.40. The molecule has 0 unspecified atom stereocenters. The first-order chi connectivity index (χ1) is 11.5. The molecule has 1 fully saturated rings. The summed E-state index contributed by atoms with van der Waals surface area (Å²) < 4.78 is 24.9. The second-order valence-electron chi connectivity index (χ2n) is 6.53. The van der Waals surface area contributed by atoms with Gasteiger partial charge in [-0.25, -0.2) is 8.42 Å². The summed E-state index contributed by atoms with van der Waals surface area (Å²) >= 11 is 0. The molecule has 0 radical (unpaired) electrons. The highest BCUT2D eigenvalue weighted by Gasteiger charge is 2.16. The number of sulfonamides is 1. The molecule has 0 bridgehead atoms. The molecule has 4 nitrogen and oxygen atoms in total. The molecule has 0 spiro atoms. The van der Waals surface area contributed by atoms with Crippen molar-refractivity contribution in [1.29, 1.82) is 0 Å². The molecule has 2 N–H and O–H groups in total. The minimum absolute atomic E-state index is 0.575. The third kappa shape index (κ3) is 4.74. The molecule has 2 aromatic carbocycles. The normalized spacial score (nSPS) is 15.4. The van der Waals surface area contributed by atoms with E-state index < -0.39 is 10.0 Å². The van der Waals surface area contributed by atoms with Crippen molar-refractivity contribution in [2.24, 2.45) is 0 Å². The zero-order chi connectivity index (χ0) is 17.0. The van der Waals surface area contributed by atoms with E-state index in [0.717, 1.165) is 24.4 Å². The minimum Gasteiger partial charge on any atom is -0.381 e. The van der Waals surface area contributed by atoms with Gasteiger partial charge >= 0.3 is 0 Å². The van der Waals surface area contributed by atoms with Crippen LogP contribution in [-0.2, 0) is 16.6 Å². The van der Waals surface area contributed by atoms with Gasteiger partial charge in [0.25, 0.3) is 0 Å². The summed E-state index contributed by atoms with van der Waals surface area (Å²) in [5.74, 6) is 0.728. The maximum Gasteiger partial charge on any atom is 0.229 e. The minimum atomic E-state index is -3.23. The third-order valence-electron chi connectivity index (χ3n) is 4.46. The van der Waals surface area contributed by atoms with Crippen LogP contribution in [0.2, 0.25) is 0 Å². The second kappa shape index (κ2) is 7.26. The molecule has 2 aromatic rings. The summed E-state index contributed by atoms with van der Waals surface area (Å²) in [6.07, 6.45) is 6.47. The predicted octanol–water partition coefficient (Wildman–Crippen LogP) is 4.33. The Bertz CT molecular complexity index is 779. The van der Waals surface area contributed by atoms with E-state index in [0.29, 0.717) is 5.69 Å². The van der Waals surface area contributed by atoms with Crippen molar-refractivity contribution >= 4 is 21.4 Å². The standard InChI is InChI=1S/C19H24N2O2S/c1-24(22,23)21-19-11-9-18(10-12-19)20-14-15-5-4-8-17(13-15)16-6-2-3-7-16/h4-5,8-13,16,20-21H,2-3,6-7,14H2,1H3. The topological polar surface area (TPSA) is 58.2 Å². The van der Waals surface area contributed by atoms with Gasteiger partial charge in [0.1, 0.15) is 0 Å². The molecule has 1 saturated carbocycles. The summed E-state index contributed by atoms with van der Waals surface area (Å²) in [6, 6.07) is 16.1. The smallest absolute Gasteiger partial charge is 0.229 e. The fourth-order valence-electron chi connectivity index (χ4n) is 3.29. The van der Waals surface area contributed by atoms with Crippen molar-refractivity contribution in [3.63, 3.8) is 0 Å². The zero-order valence-electron chi connectivity index (χ0n) is 14.0. The van der Waals surface area contributed by atoms with Gasteiger partial charge in [-0.3, -0.25) is 4.72 Å². The number of hydrogen-bond acceptors (Lipinski definition) is 3. The van der Waals surface area contributed by atoms with Gasteiger partial charge in [-0.1, -0.05) is 37.1 Å². The van der Waals surface area contributed by atoms with Crippen molar-refractivity contribution in [2.75, 3.05) is 16.3 Å². The molecular weight excluding hydrogens is 320 g/mol. The highest BCUT2D eigenvalue weighted by Crippen LogP contribution is 2.34. The summed E-state index contributed by atoms with van der Waals surface area (Å²) in [7, 11) is -3.23. The Hall–Kier alpha value is -2.01. The maximum atomic E-state index is 11.2. The molecule has 1 aliphatic carbocycles. The van der Waals surface area contributed by atoms with Gasteiger partial charge in [0.05, 0.1) is 6.26 Å². The summed E-state index contributed by atoms with van der Waals surface area (Å²) in [5.41, 5.74) is 4.28. The average Bonchev–Trinajstić information content (AvgIpc) is 3.08. The maximum absolute atomic E-state index is 11.2. The number of nitrogens with one attached hydrogen (secondary N) is 2. The Labute approximate surface area is 144 Å². The number of benzene rings is 2. The first-order valence-corrected chi connectivity index (χ1v) is 10.3. The quantitative estimate of drug-likeness (QED) is 0.820. The largest absolute Gasteiger partial charge is 0.381 e. The monoisotopic (exact) mass is 344 g/mol. The predicted molar refractivity (Wildman–Crippen MR) is 99.9 cm³/mol. The molecule has 0 saturated heterocycles. The van der Waals surface area contributed by atoms with Crippen LogP contribution in [-0.4, -0.2) is 14.7 Å². The fourth-order valence-corrected chi connectivity index (χ4v) is 3.85. The van der Waals surface area contributed by atoms with Crippen LogP contribution in [0, 0.1) is 0 Å². The molecule has 0 amide bonds. The summed E-state index contributed by atoms with van der Waals surface area (Å²) in [6.45, 7) is 0.763. The van der Waals surface area contributed by atoms with Crippen LogP contribution in [0.3, 0.4) is 0 Å². The molecule has 0 aromatic heterocycles. The van der Waals surface area contributed by atoms with Gasteiger partial charge in [0, 0.05) is 17.9 Å². The number of anilines is 2. The molecule has 128 valence electrons. The van der Waals surface area contributed by atoms with Crippen LogP contribution in [0.4, 0.5) is 11.4 Å². The van der Waals surface area contributed by atoms with Crippen molar-refractivity contribution in [1.82, 2.24) is 0 Å². The first kappa shape index (κ1) is 16.8. The Morgan fingerprint density at radius 3 is 2.33 bits per heavy atom. The summed E-state index contributed by atoms with van der Waals surface area (Å²) in [5, 5.41) is 3.39. The van der Waals surface area contributed by atoms with E-state index in [1.807, 2.05) is 12.1 Å². The van der Waals surface area contributed by atoms with E-state index in [-0.39, 0.29) is 0 Å². The van der Waals surface area contributed by atoms with Gasteiger partial charge in [-0.15, -0.1) is 0 Å². The van der Waals surface area contributed by atoms with Crippen molar-refractivity contribution in [3.05, 3.63) is 59.7 Å². The number of hydrogen-bond donors (Lipinski definition) is 2. The Kier molecular flexibility index (Phi) is 5.09. The van der Waals surface area contributed by atoms with E-state index in [9.17, 15) is 8.42 Å². The van der Waals surface area contributed by atoms with Gasteiger partial charge < -0.3 is 5.32 Å². The highest BCUT2D eigenvalue weighted by molar-refractivity contribution is 7.92. The number of rotatable bonds is 6. The lowest BCUT2D eigenvalue weighted by Gasteiger charge is -2.12. The Balaban J connectivity index is 1.60. The van der Waals surface area contributed by atoms with Crippen molar-refractivity contribution in [3.8, 4) is 0 Å². The van der Waals surface area contributed by atoms with Gasteiger partial charge in [0.15, 0.2) is 0 Å². The van der Waals surface area contributed by atoms with E-state index in [2.05, 4.69) is 34.3 Å². The molecule has 3 rings (SSSR count). The summed E-state index contributed by atoms with van der Waals surface area (Å²) in [4.78, 5) is 0. The second-order valence-corrected chi connectivity index (χ2v) is 8.28. The average molecular weight is 344 g/mol. The molecule has 0 atom stereocenters. The van der Waals surface area contributed by atoms with Crippen LogP contribution in [0.25, 0.3) is 0 Å². The Morgan fingerprint density at radius 2 is 1.67 bits per heavy atom. The molecule has 0 aliphatic heterocycles. The van der Waals surface area contributed by atoms with Crippen LogP contribution in [0.15, 0.2) is 48.5 Å². The molecule has 5 heteroatoms. The van der Waals surface area contributed by atoms with Gasteiger partial charge in [-0.05, 0) is 54.2 Å². The lowest BCUT2D eigenvalue weighted by Crippen LogP contribution is -2.09. The van der Waals surface area contributed by atoms with Crippen molar-refractivity contribution in [2.45, 2.75) is 38.1 Å². The van der Waals surface area contributed by atoms with Crippen LogP contribution >= 0.6 is 0 Å². The Morgan fingerprint density at radius 1 is 1.00 bits per heavy atom. The third-order valence-corrected chi connectivity index (χ3v) is 5.07. The van der Waals surface area contributed by atoms with Crippen LogP contribution < -0.4 is 10.0 Å². The van der Waals surface area contributed by atoms with E-state index in [1.165, 1.54) is 36.8 Å². The lowest BCUT2D eigenvalue weighted by atomic mass is 9.96. The van der Waals surface area contributed by atoms with Gasteiger partial charge in [0.2, 0.25) is 10.0 Å². The molecule has 1 aliphatic rings. The fraction of sp³-hybridized carbons (Fsp3) is 0.368. The molecule has 0 heterocycles. The SMILES string of the molecule is CS(=O)(=O)Nc1ccc(NCc2cccc(C3CCCC3)c2)cc1. The van der Waals surface area contributed by atoms with Crippen molar-refractivity contribution < 1.29 is 8.42 Å². The van der Waals surface area contributed by atoms with E-state index in [1.54, 1.807) is 12.1 Å². The highest BCUT2D eigenvalue weighted by atomic mass is 32.2. The van der Waals surface area contributed by atoms with Crippen LogP contribution in [0.5, 0.6) is 0 Å². The van der Waals surface area contributed by atoms with Crippen LogP contribution in [0.1, 0.15) is 42.7 Å².